The van der Waals surface area contributed by atoms with Crippen LogP contribution >= 0.6 is 11.8 Å². The predicted molar refractivity (Wildman–Crippen MR) is 110 cm³/mol. The van der Waals surface area contributed by atoms with Gasteiger partial charge in [-0.05, 0) is 31.5 Å². The van der Waals surface area contributed by atoms with Crippen LogP contribution in [0.15, 0.2) is 40.0 Å². The van der Waals surface area contributed by atoms with Gasteiger partial charge in [0.15, 0.2) is 5.16 Å². The minimum absolute atomic E-state index is 0.173. The molecule has 0 aliphatic carbocycles. The predicted octanol–water partition coefficient (Wildman–Crippen LogP) is 2.44. The van der Waals surface area contributed by atoms with Gasteiger partial charge < -0.3 is 14.2 Å². The number of morpholine rings is 1. The number of amides is 1. The van der Waals surface area contributed by atoms with Crippen LogP contribution in [0.3, 0.4) is 0 Å². The van der Waals surface area contributed by atoms with Gasteiger partial charge in [0.05, 0.1) is 30.3 Å². The summed E-state index contributed by atoms with van der Waals surface area (Å²) in [6.07, 6.45) is 0. The van der Waals surface area contributed by atoms with E-state index in [0.717, 1.165) is 30.3 Å². The van der Waals surface area contributed by atoms with Crippen molar-refractivity contribution in [3.63, 3.8) is 0 Å². The van der Waals surface area contributed by atoms with Crippen molar-refractivity contribution in [1.82, 2.24) is 19.9 Å². The van der Waals surface area contributed by atoms with Crippen molar-refractivity contribution in [2.75, 3.05) is 42.3 Å². The van der Waals surface area contributed by atoms with Crippen LogP contribution in [0.4, 0.5) is 11.8 Å². The lowest BCUT2D eigenvalue weighted by molar-refractivity contribution is -0.113. The van der Waals surface area contributed by atoms with Crippen molar-refractivity contribution in [2.45, 2.75) is 19.0 Å². The Morgan fingerprint density at radius 1 is 1.21 bits per heavy atom. The van der Waals surface area contributed by atoms with Crippen LogP contribution in [0.2, 0.25) is 0 Å². The number of anilines is 2. The molecule has 10 heteroatoms. The number of nitrogens with zero attached hydrogens (tertiary/aromatic N) is 5. The van der Waals surface area contributed by atoms with Crippen molar-refractivity contribution in [3.8, 4) is 5.69 Å². The quantitative estimate of drug-likeness (QED) is 0.614. The van der Waals surface area contributed by atoms with Crippen LogP contribution in [0.25, 0.3) is 5.69 Å². The summed E-state index contributed by atoms with van der Waals surface area (Å²) in [4.78, 5) is 14.5. The maximum atomic E-state index is 12.3. The monoisotopic (exact) mass is 414 g/mol. The second kappa shape index (κ2) is 8.66. The zero-order valence-corrected chi connectivity index (χ0v) is 17.1. The minimum atomic E-state index is -0.196. The number of thioether (sulfide) groups is 1. The Bertz CT molecular complexity index is 996. The van der Waals surface area contributed by atoms with Gasteiger partial charge >= 0.3 is 0 Å². The molecule has 1 aliphatic heterocycles. The minimum Gasteiger partial charge on any atom is -0.378 e. The van der Waals surface area contributed by atoms with Crippen LogP contribution in [0.5, 0.6) is 0 Å². The first-order chi connectivity index (χ1) is 14.1. The van der Waals surface area contributed by atoms with Gasteiger partial charge in [0.2, 0.25) is 17.7 Å². The molecule has 3 heterocycles. The number of aryl methyl sites for hydroxylation is 2. The van der Waals surface area contributed by atoms with Crippen molar-refractivity contribution in [3.05, 3.63) is 41.6 Å². The van der Waals surface area contributed by atoms with Crippen LogP contribution in [-0.4, -0.2) is 57.9 Å². The van der Waals surface area contributed by atoms with Gasteiger partial charge in [0, 0.05) is 19.2 Å². The molecule has 1 saturated heterocycles. The van der Waals surface area contributed by atoms with E-state index in [9.17, 15) is 4.79 Å². The maximum Gasteiger partial charge on any atom is 0.237 e. The molecule has 29 heavy (non-hydrogen) atoms. The number of carbonyl (C=O) groups excluding carboxylic acids is 1. The van der Waals surface area contributed by atoms with Crippen molar-refractivity contribution < 1.29 is 14.1 Å². The average Bonchev–Trinajstić information content (AvgIpc) is 3.33. The summed E-state index contributed by atoms with van der Waals surface area (Å²) in [5, 5.41) is 15.9. The van der Waals surface area contributed by atoms with Crippen molar-refractivity contribution >= 4 is 29.5 Å². The van der Waals surface area contributed by atoms with E-state index in [-0.39, 0.29) is 11.7 Å². The molecule has 0 unspecified atom stereocenters. The lowest BCUT2D eigenvalue weighted by Crippen LogP contribution is -2.37. The van der Waals surface area contributed by atoms with Crippen LogP contribution in [0.1, 0.15) is 11.3 Å². The molecule has 0 bridgehead atoms. The fraction of sp³-hybridized carbons (Fsp3) is 0.368. The van der Waals surface area contributed by atoms with Crippen molar-refractivity contribution in [1.29, 1.82) is 0 Å². The first-order valence-corrected chi connectivity index (χ1v) is 10.3. The molecule has 9 nitrogen and oxygen atoms in total. The molecule has 1 N–H and O–H groups in total. The number of carbonyl (C=O) groups is 1. The molecule has 0 atom stereocenters. The molecule has 0 radical (unpaired) electrons. The molecule has 1 aliphatic rings. The Balaban J connectivity index is 1.55. The highest BCUT2D eigenvalue weighted by Crippen LogP contribution is 2.27. The van der Waals surface area contributed by atoms with E-state index in [0.29, 0.717) is 29.9 Å². The Hall–Kier alpha value is -2.85. The summed E-state index contributed by atoms with van der Waals surface area (Å²) in [6.45, 7) is 6.65. The summed E-state index contributed by atoms with van der Waals surface area (Å²) in [5.74, 6) is 1.07. The molecule has 4 rings (SSSR count). The number of aromatic nitrogens is 4. The van der Waals surface area contributed by atoms with Gasteiger partial charge in [-0.1, -0.05) is 29.1 Å². The zero-order chi connectivity index (χ0) is 20.2. The highest BCUT2D eigenvalue weighted by molar-refractivity contribution is 7.99. The van der Waals surface area contributed by atoms with Crippen LogP contribution in [-0.2, 0) is 9.53 Å². The highest BCUT2D eigenvalue weighted by Gasteiger charge is 2.22. The SMILES string of the molecule is Cc1cccc(-n2c(SCC(=O)Nc3cc(C)no3)nnc2N2CCOCC2)c1. The number of rotatable bonds is 6. The fourth-order valence-electron chi connectivity index (χ4n) is 3.04. The van der Waals surface area contributed by atoms with Gasteiger partial charge in [-0.2, -0.15) is 0 Å². The molecule has 1 aromatic carbocycles. The molecule has 152 valence electrons. The summed E-state index contributed by atoms with van der Waals surface area (Å²) < 4.78 is 12.5. The molecular formula is C19H22N6O3S. The van der Waals surface area contributed by atoms with Crippen molar-refractivity contribution in [2.24, 2.45) is 0 Å². The first kappa shape index (κ1) is 19.5. The molecular weight excluding hydrogens is 392 g/mol. The number of benzene rings is 1. The normalized spacial score (nSPS) is 14.2. The third-order valence-corrected chi connectivity index (χ3v) is 5.32. The molecule has 2 aromatic heterocycles. The second-order valence-electron chi connectivity index (χ2n) is 6.73. The van der Waals surface area contributed by atoms with Gasteiger partial charge in [-0.15, -0.1) is 10.2 Å². The second-order valence-corrected chi connectivity index (χ2v) is 7.67. The summed E-state index contributed by atoms with van der Waals surface area (Å²) in [5.41, 5.74) is 2.81. The number of hydrogen-bond acceptors (Lipinski definition) is 8. The van der Waals surface area contributed by atoms with Gasteiger partial charge in [0.25, 0.3) is 0 Å². The number of nitrogens with one attached hydrogen (secondary N) is 1. The van der Waals surface area contributed by atoms with E-state index < -0.39 is 0 Å². The number of ether oxygens (including phenoxy) is 1. The fourth-order valence-corrected chi connectivity index (χ4v) is 3.79. The zero-order valence-electron chi connectivity index (χ0n) is 16.3. The third-order valence-electron chi connectivity index (χ3n) is 4.39. The Morgan fingerprint density at radius 2 is 2.03 bits per heavy atom. The molecule has 0 saturated carbocycles. The lowest BCUT2D eigenvalue weighted by Gasteiger charge is -2.28. The Morgan fingerprint density at radius 3 is 2.76 bits per heavy atom. The van der Waals surface area contributed by atoms with Crippen LogP contribution in [0, 0.1) is 13.8 Å². The van der Waals surface area contributed by atoms with E-state index >= 15 is 0 Å². The molecule has 3 aromatic rings. The van der Waals surface area contributed by atoms with Crippen LogP contribution < -0.4 is 10.2 Å². The lowest BCUT2D eigenvalue weighted by atomic mass is 10.2. The maximum absolute atomic E-state index is 12.3. The van der Waals surface area contributed by atoms with E-state index in [1.165, 1.54) is 11.8 Å². The van der Waals surface area contributed by atoms with Gasteiger partial charge in [-0.3, -0.25) is 14.7 Å². The summed E-state index contributed by atoms with van der Waals surface area (Å²) in [7, 11) is 0. The third kappa shape index (κ3) is 4.60. The topological polar surface area (TPSA) is 98.3 Å². The Labute approximate surface area is 172 Å². The Kier molecular flexibility index (Phi) is 5.81. The summed E-state index contributed by atoms with van der Waals surface area (Å²) >= 11 is 1.32. The number of hydrogen-bond donors (Lipinski definition) is 1. The molecule has 1 fully saturated rings. The largest absolute Gasteiger partial charge is 0.378 e. The van der Waals surface area contributed by atoms with Gasteiger partial charge in [-0.25, -0.2) is 0 Å². The molecule has 0 spiro atoms. The average molecular weight is 414 g/mol. The van der Waals surface area contributed by atoms with E-state index in [2.05, 4.69) is 31.6 Å². The summed E-state index contributed by atoms with van der Waals surface area (Å²) in [6, 6.07) is 9.81. The van der Waals surface area contributed by atoms with E-state index in [1.54, 1.807) is 13.0 Å². The standard InChI is InChI=1S/C19H22N6O3S/c1-13-4-3-5-15(10-13)25-18(24-6-8-27-9-7-24)21-22-19(25)29-12-16(26)20-17-11-14(2)23-28-17/h3-5,10-11H,6-9,12H2,1-2H3,(H,20,26). The smallest absolute Gasteiger partial charge is 0.237 e. The molecule has 1 amide bonds. The van der Waals surface area contributed by atoms with Gasteiger partial charge in [0.1, 0.15) is 0 Å². The van der Waals surface area contributed by atoms with E-state index in [4.69, 9.17) is 9.26 Å². The highest BCUT2D eigenvalue weighted by atomic mass is 32.2. The van der Waals surface area contributed by atoms with E-state index in [1.807, 2.05) is 29.7 Å². The first-order valence-electron chi connectivity index (χ1n) is 9.31.